The topological polar surface area (TPSA) is 178 Å². The molecule has 15 heteroatoms. The molecule has 0 amide bonds. The number of aromatic amines is 1. The molecule has 198 valence electrons. The average Bonchev–Trinajstić information content (AvgIpc) is 3.53. The molecular weight excluding hydrogens is 507 g/mol. The molecule has 2 aromatic rings. The van der Waals surface area contributed by atoms with Crippen molar-refractivity contribution in [3.63, 3.8) is 0 Å². The van der Waals surface area contributed by atoms with Crippen LogP contribution >= 0.6 is 7.75 Å². The summed E-state index contributed by atoms with van der Waals surface area (Å²) in [4.78, 5) is 41.5. The second-order valence-electron chi connectivity index (χ2n) is 8.63. The summed E-state index contributed by atoms with van der Waals surface area (Å²) in [5.74, 6) is -0.289. The van der Waals surface area contributed by atoms with Gasteiger partial charge in [0.25, 0.3) is 5.56 Å². The van der Waals surface area contributed by atoms with Crippen molar-refractivity contribution < 1.29 is 27.9 Å². The number of para-hydroxylation sites is 1. The zero-order valence-corrected chi connectivity index (χ0v) is 21.2. The van der Waals surface area contributed by atoms with Crippen LogP contribution in [0.4, 0.5) is 0 Å². The Kier molecular flexibility index (Phi) is 8.16. The van der Waals surface area contributed by atoms with Crippen molar-refractivity contribution in [2.75, 3.05) is 20.3 Å². The standard InChI is InChI=1S/C22H27N6O8P/c1-14-12-27(22(31)24-20(14)29)19-11-16(25-26-23)18(35-19)13-34-37(32,36-15-7-4-3-5-8-15)28-10-6-9-17(28)21(30)33-2/h3-5,7-8,12,16-19H,6,9-11,13H2,1-2H3,(H,24,29,31)/t16?,17-,18+,19+,37?/m0/s1. The highest BCUT2D eigenvalue weighted by molar-refractivity contribution is 7.51. The van der Waals surface area contributed by atoms with Crippen molar-refractivity contribution in [1.82, 2.24) is 14.2 Å². The lowest BCUT2D eigenvalue weighted by Crippen LogP contribution is -2.37. The Morgan fingerprint density at radius 3 is 2.78 bits per heavy atom. The van der Waals surface area contributed by atoms with Crippen molar-refractivity contribution in [1.29, 1.82) is 0 Å². The summed E-state index contributed by atoms with van der Waals surface area (Å²) >= 11 is 0. The lowest BCUT2D eigenvalue weighted by molar-refractivity contribution is -0.144. The molecule has 2 saturated heterocycles. The van der Waals surface area contributed by atoms with Gasteiger partial charge in [-0.05, 0) is 37.4 Å². The summed E-state index contributed by atoms with van der Waals surface area (Å²) in [6.45, 7) is 1.48. The molecule has 2 aliphatic heterocycles. The number of nitrogens with zero attached hydrogens (tertiary/aromatic N) is 5. The van der Waals surface area contributed by atoms with E-state index in [9.17, 15) is 18.9 Å². The van der Waals surface area contributed by atoms with Gasteiger partial charge in [-0.25, -0.2) is 9.36 Å². The third-order valence-electron chi connectivity index (χ3n) is 6.24. The van der Waals surface area contributed by atoms with Crippen LogP contribution in [0.3, 0.4) is 0 Å². The maximum Gasteiger partial charge on any atom is 0.462 e. The van der Waals surface area contributed by atoms with Gasteiger partial charge < -0.3 is 14.0 Å². The van der Waals surface area contributed by atoms with E-state index < -0.39 is 49.4 Å². The fraction of sp³-hybridized carbons (Fsp3) is 0.500. The Morgan fingerprint density at radius 2 is 2.08 bits per heavy atom. The van der Waals surface area contributed by atoms with Gasteiger partial charge in [-0.3, -0.25) is 23.7 Å². The molecule has 3 heterocycles. The molecule has 2 fully saturated rings. The molecule has 2 unspecified atom stereocenters. The first kappa shape index (κ1) is 26.6. The van der Waals surface area contributed by atoms with E-state index >= 15 is 0 Å². The quantitative estimate of drug-likeness (QED) is 0.166. The SMILES string of the molecule is COC(=O)[C@@H]1CCCN1P(=O)(OC[C@H]1O[C@@H](n2cc(C)c(=O)[nH]c2=O)CC1N=[N+]=[N-])Oc1ccccc1. The molecular formula is C22H27N6O8P. The first-order valence-corrected chi connectivity index (χ1v) is 13.1. The van der Waals surface area contributed by atoms with E-state index in [2.05, 4.69) is 15.0 Å². The number of nitrogens with one attached hydrogen (secondary N) is 1. The van der Waals surface area contributed by atoms with Crippen molar-refractivity contribution >= 4 is 13.7 Å². The van der Waals surface area contributed by atoms with Crippen LogP contribution in [0.1, 0.15) is 31.1 Å². The number of aryl methyl sites for hydroxylation is 1. The highest BCUT2D eigenvalue weighted by Gasteiger charge is 2.48. The summed E-state index contributed by atoms with van der Waals surface area (Å²) < 4.78 is 39.2. The molecule has 0 radical (unpaired) electrons. The first-order valence-electron chi connectivity index (χ1n) is 11.6. The highest BCUT2D eigenvalue weighted by atomic mass is 31.2. The van der Waals surface area contributed by atoms with E-state index in [1.807, 2.05) is 0 Å². The van der Waals surface area contributed by atoms with Crippen LogP contribution in [-0.2, 0) is 23.4 Å². The van der Waals surface area contributed by atoms with Crippen LogP contribution in [-0.4, -0.2) is 58.6 Å². The fourth-order valence-electron chi connectivity index (χ4n) is 4.38. The molecule has 2 aliphatic rings. The first-order chi connectivity index (χ1) is 17.8. The number of rotatable bonds is 9. The minimum atomic E-state index is -4.12. The second-order valence-corrected chi connectivity index (χ2v) is 10.5. The van der Waals surface area contributed by atoms with E-state index in [1.54, 1.807) is 37.3 Å². The lowest BCUT2D eigenvalue weighted by Gasteiger charge is -2.31. The largest absolute Gasteiger partial charge is 0.468 e. The number of hydrogen-bond acceptors (Lipinski definition) is 9. The third-order valence-corrected chi connectivity index (χ3v) is 8.26. The maximum absolute atomic E-state index is 14.1. The number of carbonyl (C=O) groups excluding carboxylic acids is 1. The molecule has 1 aromatic heterocycles. The molecule has 0 spiro atoms. The summed E-state index contributed by atoms with van der Waals surface area (Å²) in [5, 5.41) is 3.76. The van der Waals surface area contributed by atoms with Crippen LogP contribution < -0.4 is 15.8 Å². The number of esters is 1. The number of aromatic nitrogens is 2. The smallest absolute Gasteiger partial charge is 0.462 e. The Labute approximate surface area is 211 Å². The summed E-state index contributed by atoms with van der Waals surface area (Å²) in [6.07, 6.45) is 0.695. The van der Waals surface area contributed by atoms with Gasteiger partial charge in [0.05, 0.1) is 25.9 Å². The van der Waals surface area contributed by atoms with E-state index in [1.165, 1.54) is 22.5 Å². The zero-order chi connectivity index (χ0) is 26.6. The summed E-state index contributed by atoms with van der Waals surface area (Å²) in [5.41, 5.74) is 8.16. The average molecular weight is 534 g/mol. The van der Waals surface area contributed by atoms with Crippen molar-refractivity contribution in [3.05, 3.63) is 73.4 Å². The van der Waals surface area contributed by atoms with Crippen LogP contribution in [0.5, 0.6) is 5.75 Å². The molecule has 0 saturated carbocycles. The van der Waals surface area contributed by atoms with Crippen molar-refractivity contribution in [2.24, 2.45) is 5.11 Å². The number of hydrogen-bond donors (Lipinski definition) is 1. The predicted molar refractivity (Wildman–Crippen MR) is 130 cm³/mol. The number of H-pyrrole nitrogens is 1. The summed E-state index contributed by atoms with van der Waals surface area (Å²) in [6, 6.07) is 6.79. The minimum Gasteiger partial charge on any atom is -0.468 e. The molecule has 1 N–H and O–H groups in total. The number of carbonyl (C=O) groups is 1. The Balaban J connectivity index is 1.59. The zero-order valence-electron chi connectivity index (χ0n) is 20.3. The molecule has 37 heavy (non-hydrogen) atoms. The van der Waals surface area contributed by atoms with E-state index in [-0.39, 0.29) is 25.3 Å². The molecule has 4 rings (SSSR count). The molecule has 14 nitrogen and oxygen atoms in total. The van der Waals surface area contributed by atoms with Crippen LogP contribution in [0.25, 0.3) is 10.4 Å². The van der Waals surface area contributed by atoms with Gasteiger partial charge in [0.15, 0.2) is 0 Å². The van der Waals surface area contributed by atoms with Crippen LogP contribution in [0.15, 0.2) is 51.2 Å². The van der Waals surface area contributed by atoms with Gasteiger partial charge >= 0.3 is 19.4 Å². The molecule has 0 bridgehead atoms. The van der Waals surface area contributed by atoms with Gasteiger partial charge in [-0.15, -0.1) is 0 Å². The van der Waals surface area contributed by atoms with E-state index in [0.29, 0.717) is 18.4 Å². The Bertz CT molecular complexity index is 1340. The normalized spacial score (nSPS) is 25.2. The fourth-order valence-corrected chi connectivity index (χ4v) is 6.35. The molecule has 5 atom stereocenters. The third kappa shape index (κ3) is 5.79. The van der Waals surface area contributed by atoms with Crippen LogP contribution in [0, 0.1) is 6.92 Å². The predicted octanol–water partition coefficient (Wildman–Crippen LogP) is 2.65. The van der Waals surface area contributed by atoms with Crippen molar-refractivity contribution in [2.45, 2.75) is 50.6 Å². The van der Waals surface area contributed by atoms with E-state index in [0.717, 1.165) is 0 Å². The van der Waals surface area contributed by atoms with Crippen molar-refractivity contribution in [3.8, 4) is 5.75 Å². The molecule has 0 aliphatic carbocycles. The number of methoxy groups -OCH3 is 1. The number of ether oxygens (including phenoxy) is 2. The van der Waals surface area contributed by atoms with Gasteiger partial charge in [0.1, 0.15) is 18.0 Å². The van der Waals surface area contributed by atoms with E-state index in [4.69, 9.17) is 24.1 Å². The second kappa shape index (κ2) is 11.3. The monoisotopic (exact) mass is 534 g/mol. The van der Waals surface area contributed by atoms with Gasteiger partial charge in [-0.1, -0.05) is 23.3 Å². The lowest BCUT2D eigenvalue weighted by atomic mass is 10.1. The van der Waals surface area contributed by atoms with Gasteiger partial charge in [0, 0.05) is 29.6 Å². The minimum absolute atomic E-state index is 0.113. The molecule has 1 aromatic carbocycles. The number of azide groups is 1. The van der Waals surface area contributed by atoms with Gasteiger partial charge in [0.2, 0.25) is 0 Å². The van der Waals surface area contributed by atoms with Crippen LogP contribution in [0.2, 0.25) is 0 Å². The Morgan fingerprint density at radius 1 is 1.32 bits per heavy atom. The highest BCUT2D eigenvalue weighted by Crippen LogP contribution is 2.55. The Hall–Kier alpha value is -3.41. The number of benzene rings is 1. The summed E-state index contributed by atoms with van der Waals surface area (Å²) in [7, 11) is -2.87. The maximum atomic E-state index is 14.1. The van der Waals surface area contributed by atoms with Gasteiger partial charge in [-0.2, -0.15) is 4.67 Å².